The minimum absolute atomic E-state index is 0.285. The molecule has 3 aromatic rings. The number of fused-ring (bicyclic) bond motifs is 1. The molecule has 0 radical (unpaired) electrons. The summed E-state index contributed by atoms with van der Waals surface area (Å²) in [5.74, 6) is 0.249. The molecule has 33 heavy (non-hydrogen) atoms. The molecule has 2 aliphatic rings. The third-order valence-corrected chi connectivity index (χ3v) is 6.60. The van der Waals surface area contributed by atoms with Crippen LogP contribution in [0.25, 0.3) is 10.9 Å². The van der Waals surface area contributed by atoms with Gasteiger partial charge in [-0.3, -0.25) is 4.98 Å². The zero-order valence-corrected chi connectivity index (χ0v) is 20.0. The van der Waals surface area contributed by atoms with E-state index in [1.807, 2.05) is 33.0 Å². The summed E-state index contributed by atoms with van der Waals surface area (Å²) in [6.45, 7) is 7.46. The molecule has 5 nitrogen and oxygen atoms in total. The van der Waals surface area contributed by atoms with Crippen LogP contribution in [0.5, 0.6) is 0 Å². The summed E-state index contributed by atoms with van der Waals surface area (Å²) in [5, 5.41) is 1.21. The van der Waals surface area contributed by atoms with E-state index in [0.717, 1.165) is 30.8 Å². The van der Waals surface area contributed by atoms with Crippen molar-refractivity contribution in [2.24, 2.45) is 0 Å². The lowest BCUT2D eigenvalue weighted by Gasteiger charge is -2.23. The standard InChI is InChI=1S/C28H34N2O3/c1-28(2,3)33-27(31)24-15-21(19-10-11-19)17-29-25(24)16-20-7-6-9-26-23(20)12-13-30(26)18-22-8-4-5-14-32-22/h6-7,9,12-13,15,17,19,22H,4-5,8,10-11,14,16,18H2,1-3H3. The number of carbonyl (C=O) groups excluding carboxylic acids is 1. The Bertz CT molecular complexity index is 1150. The Hall–Kier alpha value is -2.66. The zero-order valence-electron chi connectivity index (χ0n) is 20.0. The predicted molar refractivity (Wildman–Crippen MR) is 130 cm³/mol. The fraction of sp³-hybridized carbons (Fsp3) is 0.500. The highest BCUT2D eigenvalue weighted by Crippen LogP contribution is 2.40. The van der Waals surface area contributed by atoms with E-state index >= 15 is 0 Å². The van der Waals surface area contributed by atoms with Crippen LogP contribution in [0.1, 0.15) is 86.0 Å². The number of hydrogen-bond acceptors (Lipinski definition) is 4. The van der Waals surface area contributed by atoms with E-state index in [1.54, 1.807) is 0 Å². The maximum Gasteiger partial charge on any atom is 0.340 e. The first kappa shape index (κ1) is 22.1. The van der Waals surface area contributed by atoms with Crippen molar-refractivity contribution in [3.63, 3.8) is 0 Å². The first-order valence-corrected chi connectivity index (χ1v) is 12.3. The largest absolute Gasteiger partial charge is 0.456 e. The van der Waals surface area contributed by atoms with Crippen molar-refractivity contribution >= 4 is 16.9 Å². The Kier molecular flexibility index (Phi) is 6.00. The Labute approximate surface area is 196 Å². The highest BCUT2D eigenvalue weighted by molar-refractivity contribution is 5.92. The van der Waals surface area contributed by atoms with Gasteiger partial charge < -0.3 is 14.0 Å². The van der Waals surface area contributed by atoms with E-state index in [2.05, 4.69) is 35.0 Å². The van der Waals surface area contributed by atoms with E-state index in [-0.39, 0.29) is 12.1 Å². The van der Waals surface area contributed by atoms with Gasteiger partial charge in [0.2, 0.25) is 0 Å². The van der Waals surface area contributed by atoms with Gasteiger partial charge in [-0.05, 0) is 88.1 Å². The summed E-state index contributed by atoms with van der Waals surface area (Å²) in [6.07, 6.45) is 10.9. The third-order valence-electron chi connectivity index (χ3n) is 6.60. The molecular weight excluding hydrogens is 412 g/mol. The van der Waals surface area contributed by atoms with Crippen LogP contribution < -0.4 is 0 Å². The minimum atomic E-state index is -0.539. The van der Waals surface area contributed by atoms with Crippen LogP contribution in [0.4, 0.5) is 0 Å². The number of hydrogen-bond donors (Lipinski definition) is 0. The van der Waals surface area contributed by atoms with Gasteiger partial charge in [0.1, 0.15) is 5.60 Å². The molecule has 0 amide bonds. The van der Waals surface area contributed by atoms with Crippen LogP contribution >= 0.6 is 0 Å². The number of benzene rings is 1. The van der Waals surface area contributed by atoms with Crippen LogP contribution in [0.15, 0.2) is 42.7 Å². The SMILES string of the molecule is CC(C)(C)OC(=O)c1cc(C2CC2)cnc1Cc1cccc2c1ccn2CC1CCCCO1. The van der Waals surface area contributed by atoms with Crippen molar-refractivity contribution in [1.29, 1.82) is 0 Å². The Balaban J connectivity index is 1.44. The normalized spacial score (nSPS) is 19.1. The van der Waals surface area contributed by atoms with Crippen LogP contribution in [0.2, 0.25) is 0 Å². The van der Waals surface area contributed by atoms with Crippen molar-refractivity contribution in [3.8, 4) is 0 Å². The number of pyridine rings is 1. The quantitative estimate of drug-likeness (QED) is 0.434. The van der Waals surface area contributed by atoms with Gasteiger partial charge in [0, 0.05) is 42.9 Å². The first-order valence-electron chi connectivity index (χ1n) is 12.3. The summed E-state index contributed by atoms with van der Waals surface area (Å²) < 4.78 is 14.0. The second-order valence-corrected chi connectivity index (χ2v) is 10.5. The van der Waals surface area contributed by atoms with Gasteiger partial charge in [0.25, 0.3) is 0 Å². The fourth-order valence-electron chi connectivity index (χ4n) is 4.75. The average molecular weight is 447 g/mol. The Morgan fingerprint density at radius 1 is 1.18 bits per heavy atom. The molecule has 2 fully saturated rings. The third kappa shape index (κ3) is 5.14. The molecule has 174 valence electrons. The molecule has 1 aliphatic heterocycles. The summed E-state index contributed by atoms with van der Waals surface area (Å²) in [7, 11) is 0. The molecule has 1 atom stereocenters. The van der Waals surface area contributed by atoms with E-state index in [4.69, 9.17) is 14.5 Å². The number of aromatic nitrogens is 2. The van der Waals surface area contributed by atoms with E-state index in [1.165, 1.54) is 42.1 Å². The van der Waals surface area contributed by atoms with Gasteiger partial charge in [0.15, 0.2) is 0 Å². The number of esters is 1. The van der Waals surface area contributed by atoms with Crippen LogP contribution in [-0.2, 0) is 22.4 Å². The molecule has 5 rings (SSSR count). The highest BCUT2D eigenvalue weighted by atomic mass is 16.6. The fourth-order valence-corrected chi connectivity index (χ4v) is 4.75. The number of ether oxygens (including phenoxy) is 2. The van der Waals surface area contributed by atoms with E-state index < -0.39 is 5.60 Å². The molecule has 1 unspecified atom stereocenters. The second-order valence-electron chi connectivity index (χ2n) is 10.5. The van der Waals surface area contributed by atoms with Crippen molar-refractivity contribution in [2.45, 2.75) is 83.5 Å². The Morgan fingerprint density at radius 2 is 2.03 bits per heavy atom. The highest BCUT2D eigenvalue weighted by Gasteiger charge is 2.28. The van der Waals surface area contributed by atoms with Gasteiger partial charge in [-0.25, -0.2) is 4.79 Å². The van der Waals surface area contributed by atoms with Crippen LogP contribution in [-0.4, -0.2) is 33.8 Å². The lowest BCUT2D eigenvalue weighted by Crippen LogP contribution is -2.25. The lowest BCUT2D eigenvalue weighted by atomic mass is 10.00. The smallest absolute Gasteiger partial charge is 0.340 e. The minimum Gasteiger partial charge on any atom is -0.456 e. The van der Waals surface area contributed by atoms with Gasteiger partial charge >= 0.3 is 5.97 Å². The summed E-state index contributed by atoms with van der Waals surface area (Å²) >= 11 is 0. The molecule has 3 heterocycles. The molecule has 2 aromatic heterocycles. The summed E-state index contributed by atoms with van der Waals surface area (Å²) in [5.41, 5.74) is 4.37. The molecule has 0 N–H and O–H groups in total. The topological polar surface area (TPSA) is 53.3 Å². The van der Waals surface area contributed by atoms with Gasteiger partial charge in [0.05, 0.1) is 17.4 Å². The van der Waals surface area contributed by atoms with Crippen LogP contribution in [0.3, 0.4) is 0 Å². The van der Waals surface area contributed by atoms with Crippen LogP contribution in [0, 0.1) is 0 Å². The predicted octanol–water partition coefficient (Wildman–Crippen LogP) is 6.03. The maximum atomic E-state index is 13.1. The van der Waals surface area contributed by atoms with E-state index in [9.17, 15) is 4.79 Å². The van der Waals surface area contributed by atoms with Gasteiger partial charge in [-0.15, -0.1) is 0 Å². The van der Waals surface area contributed by atoms with Gasteiger partial charge in [-0.1, -0.05) is 12.1 Å². The van der Waals surface area contributed by atoms with Crippen molar-refractivity contribution < 1.29 is 14.3 Å². The number of rotatable bonds is 6. The molecule has 1 aliphatic carbocycles. The average Bonchev–Trinajstić information content (AvgIpc) is 3.55. The lowest BCUT2D eigenvalue weighted by molar-refractivity contribution is 0.00633. The van der Waals surface area contributed by atoms with Crippen molar-refractivity contribution in [3.05, 3.63) is 65.1 Å². The van der Waals surface area contributed by atoms with Gasteiger partial charge in [-0.2, -0.15) is 0 Å². The van der Waals surface area contributed by atoms with E-state index in [0.29, 0.717) is 17.9 Å². The molecule has 1 saturated carbocycles. The number of carbonyl (C=O) groups is 1. The molecular formula is C28H34N2O3. The summed E-state index contributed by atoms with van der Waals surface area (Å²) in [6, 6.07) is 10.6. The monoisotopic (exact) mass is 446 g/mol. The molecule has 0 spiro atoms. The number of nitrogens with zero attached hydrogens (tertiary/aromatic N) is 2. The molecule has 0 bridgehead atoms. The van der Waals surface area contributed by atoms with Crippen molar-refractivity contribution in [1.82, 2.24) is 9.55 Å². The summed E-state index contributed by atoms with van der Waals surface area (Å²) in [4.78, 5) is 17.8. The molecule has 1 aromatic carbocycles. The molecule has 5 heteroatoms. The Morgan fingerprint density at radius 3 is 2.76 bits per heavy atom. The van der Waals surface area contributed by atoms with Crippen molar-refractivity contribution in [2.75, 3.05) is 6.61 Å². The first-order chi connectivity index (χ1) is 15.9. The zero-order chi connectivity index (χ0) is 23.0. The maximum absolute atomic E-state index is 13.1. The second kappa shape index (κ2) is 8.94. The molecule has 1 saturated heterocycles.